The molecule has 5 nitrogen and oxygen atoms in total. The standard InChI is InChI=1S/C27H30ClN3O2/c28-23-10-8-20(9-11-23)19-31-24-7-3-2-6-22(24)18-25(31)27(33)30-16-12-21(13-17-30)26(32)29-14-4-1-5-15-29/h2-3,6-11,18,21H,1,4-5,12-17,19H2. The Bertz CT molecular complexity index is 1140. The molecule has 0 radical (unpaired) electrons. The van der Waals surface area contributed by atoms with Gasteiger partial charge in [0.05, 0.1) is 0 Å². The van der Waals surface area contributed by atoms with Crippen LogP contribution in [0.5, 0.6) is 0 Å². The van der Waals surface area contributed by atoms with Gasteiger partial charge in [-0.05, 0) is 61.9 Å². The minimum atomic E-state index is 0.0454. The van der Waals surface area contributed by atoms with Crippen LogP contribution in [-0.2, 0) is 11.3 Å². The Morgan fingerprint density at radius 2 is 1.55 bits per heavy atom. The van der Waals surface area contributed by atoms with Crippen LogP contribution in [0.4, 0.5) is 0 Å². The predicted octanol–water partition coefficient (Wildman–Crippen LogP) is 5.21. The molecule has 2 aliphatic rings. The van der Waals surface area contributed by atoms with E-state index in [-0.39, 0.29) is 11.8 Å². The van der Waals surface area contributed by atoms with E-state index in [2.05, 4.69) is 10.6 Å². The van der Waals surface area contributed by atoms with Crippen LogP contribution in [0.15, 0.2) is 54.6 Å². The van der Waals surface area contributed by atoms with Crippen LogP contribution in [0, 0.1) is 5.92 Å². The van der Waals surface area contributed by atoms with Crippen LogP contribution in [0.1, 0.15) is 48.2 Å². The number of piperidine rings is 2. The van der Waals surface area contributed by atoms with Crippen molar-refractivity contribution in [1.29, 1.82) is 0 Å². The number of halogens is 1. The summed E-state index contributed by atoms with van der Waals surface area (Å²) >= 11 is 6.06. The van der Waals surface area contributed by atoms with Crippen molar-refractivity contribution in [3.05, 3.63) is 70.9 Å². The van der Waals surface area contributed by atoms with Gasteiger partial charge in [-0.15, -0.1) is 0 Å². The molecule has 5 rings (SSSR count). The maximum Gasteiger partial charge on any atom is 0.270 e. The second kappa shape index (κ2) is 9.60. The van der Waals surface area contributed by atoms with Gasteiger partial charge in [0.15, 0.2) is 0 Å². The molecule has 0 unspecified atom stereocenters. The summed E-state index contributed by atoms with van der Waals surface area (Å²) in [5, 5.41) is 1.76. The number of nitrogens with zero attached hydrogens (tertiary/aromatic N) is 3. The lowest BCUT2D eigenvalue weighted by Crippen LogP contribution is -2.46. The number of aromatic nitrogens is 1. The summed E-state index contributed by atoms with van der Waals surface area (Å²) < 4.78 is 2.10. The van der Waals surface area contributed by atoms with Gasteiger partial charge in [0.2, 0.25) is 5.91 Å². The molecule has 0 bridgehead atoms. The number of benzene rings is 2. The highest BCUT2D eigenvalue weighted by atomic mass is 35.5. The van der Waals surface area contributed by atoms with Gasteiger partial charge in [0.25, 0.3) is 5.91 Å². The Hall–Kier alpha value is -2.79. The first-order valence-corrected chi connectivity index (χ1v) is 12.4. The fourth-order valence-electron chi connectivity index (χ4n) is 5.19. The van der Waals surface area contributed by atoms with Gasteiger partial charge in [-0.1, -0.05) is 41.9 Å². The first kappa shape index (κ1) is 22.0. The van der Waals surface area contributed by atoms with Crippen LogP contribution in [0.2, 0.25) is 5.02 Å². The van der Waals surface area contributed by atoms with Crippen molar-refractivity contribution in [2.45, 2.75) is 38.6 Å². The van der Waals surface area contributed by atoms with Crippen molar-refractivity contribution in [3.8, 4) is 0 Å². The molecule has 0 saturated carbocycles. The third-order valence-corrected chi connectivity index (χ3v) is 7.33. The SMILES string of the molecule is O=C(c1cc2ccccc2n1Cc1ccc(Cl)cc1)N1CCC(C(=O)N2CCCCC2)CC1. The van der Waals surface area contributed by atoms with Gasteiger partial charge >= 0.3 is 0 Å². The molecular weight excluding hydrogens is 434 g/mol. The molecule has 6 heteroatoms. The average Bonchev–Trinajstić information content (AvgIpc) is 3.23. The quantitative estimate of drug-likeness (QED) is 0.533. The first-order valence-electron chi connectivity index (χ1n) is 12.0. The number of rotatable bonds is 4. The van der Waals surface area contributed by atoms with Crippen LogP contribution in [-0.4, -0.2) is 52.4 Å². The molecule has 1 aromatic heterocycles. The van der Waals surface area contributed by atoms with Gasteiger partial charge < -0.3 is 14.4 Å². The van der Waals surface area contributed by atoms with E-state index in [9.17, 15) is 9.59 Å². The zero-order valence-corrected chi connectivity index (χ0v) is 19.6. The lowest BCUT2D eigenvalue weighted by molar-refractivity contribution is -0.137. The smallest absolute Gasteiger partial charge is 0.270 e. The van der Waals surface area contributed by atoms with Crippen molar-refractivity contribution in [2.24, 2.45) is 5.92 Å². The number of hydrogen-bond acceptors (Lipinski definition) is 2. The molecule has 33 heavy (non-hydrogen) atoms. The Balaban J connectivity index is 1.33. The monoisotopic (exact) mass is 463 g/mol. The average molecular weight is 464 g/mol. The highest BCUT2D eigenvalue weighted by molar-refractivity contribution is 6.30. The minimum absolute atomic E-state index is 0.0454. The van der Waals surface area contributed by atoms with E-state index >= 15 is 0 Å². The summed E-state index contributed by atoms with van der Waals surface area (Å²) in [5.74, 6) is 0.384. The molecule has 172 valence electrons. The van der Waals surface area contributed by atoms with Crippen molar-refractivity contribution in [3.63, 3.8) is 0 Å². The third-order valence-electron chi connectivity index (χ3n) is 7.08. The van der Waals surface area contributed by atoms with Crippen LogP contribution in [0.3, 0.4) is 0 Å². The number of para-hydroxylation sites is 1. The van der Waals surface area contributed by atoms with E-state index in [1.54, 1.807) is 0 Å². The van der Waals surface area contributed by atoms with E-state index in [0.717, 1.165) is 55.2 Å². The maximum atomic E-state index is 13.6. The minimum Gasteiger partial charge on any atom is -0.342 e. The number of likely N-dealkylation sites (tertiary alicyclic amines) is 2. The Morgan fingerprint density at radius 3 is 2.27 bits per heavy atom. The van der Waals surface area contributed by atoms with Crippen molar-refractivity contribution in [2.75, 3.05) is 26.2 Å². The molecule has 0 spiro atoms. The van der Waals surface area contributed by atoms with Gasteiger partial charge in [-0.25, -0.2) is 0 Å². The highest BCUT2D eigenvalue weighted by Crippen LogP contribution is 2.26. The summed E-state index contributed by atoms with van der Waals surface area (Å²) in [6, 6.07) is 17.9. The van der Waals surface area contributed by atoms with E-state index in [1.807, 2.05) is 58.3 Å². The fourth-order valence-corrected chi connectivity index (χ4v) is 5.32. The van der Waals surface area contributed by atoms with Gasteiger partial charge in [-0.2, -0.15) is 0 Å². The van der Waals surface area contributed by atoms with Crippen LogP contribution >= 0.6 is 11.6 Å². The van der Waals surface area contributed by atoms with E-state index in [4.69, 9.17) is 11.6 Å². The lowest BCUT2D eigenvalue weighted by Gasteiger charge is -2.35. The maximum absolute atomic E-state index is 13.6. The molecule has 3 heterocycles. The largest absolute Gasteiger partial charge is 0.342 e. The molecule has 2 amide bonds. The fraction of sp³-hybridized carbons (Fsp3) is 0.407. The van der Waals surface area contributed by atoms with Gasteiger partial charge in [0, 0.05) is 54.6 Å². The molecule has 2 aromatic carbocycles. The number of amides is 2. The zero-order valence-electron chi connectivity index (χ0n) is 18.9. The summed E-state index contributed by atoms with van der Waals surface area (Å²) in [6.07, 6.45) is 4.94. The molecular formula is C27H30ClN3O2. The van der Waals surface area contributed by atoms with Crippen molar-refractivity contribution >= 4 is 34.3 Å². The molecule has 2 aliphatic heterocycles. The molecule has 2 saturated heterocycles. The normalized spacial score (nSPS) is 17.5. The predicted molar refractivity (Wildman–Crippen MR) is 132 cm³/mol. The summed E-state index contributed by atoms with van der Waals surface area (Å²) in [7, 11) is 0. The topological polar surface area (TPSA) is 45.6 Å². The molecule has 2 fully saturated rings. The number of carbonyl (C=O) groups excluding carboxylic acids is 2. The Kier molecular flexibility index (Phi) is 6.41. The summed E-state index contributed by atoms with van der Waals surface area (Å²) in [6.45, 7) is 3.65. The van der Waals surface area contributed by atoms with Crippen molar-refractivity contribution in [1.82, 2.24) is 14.4 Å². The van der Waals surface area contributed by atoms with Gasteiger partial charge in [-0.3, -0.25) is 9.59 Å². The summed E-state index contributed by atoms with van der Waals surface area (Å²) in [4.78, 5) is 30.5. The zero-order chi connectivity index (χ0) is 22.8. The highest BCUT2D eigenvalue weighted by Gasteiger charge is 2.32. The number of hydrogen-bond donors (Lipinski definition) is 0. The third kappa shape index (κ3) is 4.65. The Labute approximate surface area is 199 Å². The van der Waals surface area contributed by atoms with E-state index in [1.165, 1.54) is 6.42 Å². The second-order valence-electron chi connectivity index (χ2n) is 9.25. The number of fused-ring (bicyclic) bond motifs is 1. The van der Waals surface area contributed by atoms with Crippen LogP contribution in [0.25, 0.3) is 10.9 Å². The van der Waals surface area contributed by atoms with Crippen molar-refractivity contribution < 1.29 is 9.59 Å². The number of carbonyl (C=O) groups is 2. The van der Waals surface area contributed by atoms with Crippen LogP contribution < -0.4 is 0 Å². The van der Waals surface area contributed by atoms with Gasteiger partial charge in [0.1, 0.15) is 5.69 Å². The van der Waals surface area contributed by atoms with E-state index in [0.29, 0.717) is 36.3 Å². The Morgan fingerprint density at radius 1 is 0.848 bits per heavy atom. The lowest BCUT2D eigenvalue weighted by atomic mass is 9.94. The molecule has 0 N–H and O–H groups in total. The molecule has 3 aromatic rings. The summed E-state index contributed by atoms with van der Waals surface area (Å²) in [5.41, 5.74) is 2.85. The first-order chi connectivity index (χ1) is 16.1. The second-order valence-corrected chi connectivity index (χ2v) is 9.69. The van der Waals surface area contributed by atoms with E-state index < -0.39 is 0 Å². The molecule has 0 aliphatic carbocycles. The molecule has 0 atom stereocenters.